The van der Waals surface area contributed by atoms with Crippen LogP contribution in [0.5, 0.6) is 11.5 Å². The van der Waals surface area contributed by atoms with Crippen LogP contribution in [0.2, 0.25) is 0 Å². The molecule has 0 heterocycles. The zero-order chi connectivity index (χ0) is 18.9. The molecule has 0 fully saturated rings. The summed E-state index contributed by atoms with van der Waals surface area (Å²) in [7, 11) is 2.74. The Labute approximate surface area is 151 Å². The highest BCUT2D eigenvalue weighted by atomic mass is 16.5. The Morgan fingerprint density at radius 2 is 1.77 bits per heavy atom. The third-order valence-electron chi connectivity index (χ3n) is 3.56. The first-order chi connectivity index (χ1) is 12.5. The molecule has 2 rings (SSSR count). The van der Waals surface area contributed by atoms with E-state index in [1.165, 1.54) is 20.3 Å². The number of esters is 1. The molecule has 0 aliphatic carbocycles. The number of hydrogen-bond donors (Lipinski definition) is 1. The predicted octanol–water partition coefficient (Wildman–Crippen LogP) is 3.31. The number of rotatable bonds is 8. The summed E-state index contributed by atoms with van der Waals surface area (Å²) in [6.45, 7) is 0.351. The van der Waals surface area contributed by atoms with Gasteiger partial charge in [0.25, 0.3) is 0 Å². The Balaban J connectivity index is 2.27. The summed E-state index contributed by atoms with van der Waals surface area (Å²) < 4.78 is 15.8. The van der Waals surface area contributed by atoms with Gasteiger partial charge in [-0.15, -0.1) is 0 Å². The molecule has 2 aromatic carbocycles. The molecule has 0 saturated carbocycles. The van der Waals surface area contributed by atoms with Crippen LogP contribution in [-0.4, -0.2) is 31.3 Å². The van der Waals surface area contributed by atoms with Crippen LogP contribution in [0.4, 0.5) is 0 Å². The first kappa shape index (κ1) is 19.1. The molecule has 2 aromatic rings. The lowest BCUT2D eigenvalue weighted by Gasteiger charge is -2.12. The number of ether oxygens (including phenoxy) is 3. The molecule has 0 atom stereocenters. The largest absolute Gasteiger partial charge is 0.493 e. The van der Waals surface area contributed by atoms with E-state index in [1.807, 2.05) is 30.3 Å². The van der Waals surface area contributed by atoms with E-state index < -0.39 is 18.4 Å². The van der Waals surface area contributed by atoms with Crippen LogP contribution in [0.1, 0.15) is 17.5 Å². The summed E-state index contributed by atoms with van der Waals surface area (Å²) in [5.41, 5.74) is 1.64. The van der Waals surface area contributed by atoms with Crippen LogP contribution in [0.3, 0.4) is 0 Å². The standard InChI is InChI=1S/C20H20O6/c1-24-17-9-8-15(10-16(12-19(21)22)20(23)25-2)11-18(17)26-13-14-6-4-3-5-7-14/h3-11H,12-13H2,1-2H3,(H,21,22)/b16-10+. The van der Waals surface area contributed by atoms with Crippen LogP contribution in [0.25, 0.3) is 6.08 Å². The topological polar surface area (TPSA) is 82.1 Å². The molecule has 0 amide bonds. The fourth-order valence-corrected chi connectivity index (χ4v) is 2.31. The van der Waals surface area contributed by atoms with Crippen molar-refractivity contribution in [3.05, 3.63) is 65.2 Å². The monoisotopic (exact) mass is 356 g/mol. The second kappa shape index (κ2) is 9.27. The van der Waals surface area contributed by atoms with Gasteiger partial charge in [-0.1, -0.05) is 36.4 Å². The van der Waals surface area contributed by atoms with Crippen molar-refractivity contribution in [2.45, 2.75) is 13.0 Å². The normalized spacial score (nSPS) is 10.9. The van der Waals surface area contributed by atoms with Gasteiger partial charge in [0, 0.05) is 5.57 Å². The lowest BCUT2D eigenvalue weighted by atomic mass is 10.1. The minimum Gasteiger partial charge on any atom is -0.493 e. The molecule has 0 bridgehead atoms. The van der Waals surface area contributed by atoms with Gasteiger partial charge in [-0.2, -0.15) is 0 Å². The molecule has 0 unspecified atom stereocenters. The van der Waals surface area contributed by atoms with Gasteiger partial charge in [0.2, 0.25) is 0 Å². The SMILES string of the molecule is COC(=O)/C(=C/c1ccc(OC)c(OCc2ccccc2)c1)CC(=O)O. The predicted molar refractivity (Wildman–Crippen MR) is 96.0 cm³/mol. The number of aliphatic carboxylic acids is 1. The number of hydrogen-bond acceptors (Lipinski definition) is 5. The molecule has 6 heteroatoms. The maximum absolute atomic E-state index is 11.8. The summed E-state index contributed by atoms with van der Waals surface area (Å²) in [5, 5.41) is 8.96. The Morgan fingerprint density at radius 3 is 2.38 bits per heavy atom. The maximum atomic E-state index is 11.8. The maximum Gasteiger partial charge on any atom is 0.334 e. The molecule has 0 aliphatic rings. The van der Waals surface area contributed by atoms with Crippen molar-refractivity contribution >= 4 is 18.0 Å². The Hall–Kier alpha value is -3.28. The van der Waals surface area contributed by atoms with Crippen LogP contribution >= 0.6 is 0 Å². The highest BCUT2D eigenvalue weighted by Gasteiger charge is 2.14. The van der Waals surface area contributed by atoms with Gasteiger partial charge in [0.15, 0.2) is 11.5 Å². The van der Waals surface area contributed by atoms with Gasteiger partial charge in [-0.3, -0.25) is 4.79 Å². The number of carbonyl (C=O) groups is 2. The van der Waals surface area contributed by atoms with Gasteiger partial charge in [0.05, 0.1) is 20.6 Å². The van der Waals surface area contributed by atoms with Crippen molar-refractivity contribution in [1.82, 2.24) is 0 Å². The van der Waals surface area contributed by atoms with E-state index in [9.17, 15) is 9.59 Å². The van der Waals surface area contributed by atoms with Gasteiger partial charge < -0.3 is 19.3 Å². The van der Waals surface area contributed by atoms with Gasteiger partial charge in [0.1, 0.15) is 6.61 Å². The molecule has 26 heavy (non-hydrogen) atoms. The van der Waals surface area contributed by atoms with Crippen molar-refractivity contribution in [2.75, 3.05) is 14.2 Å². The summed E-state index contributed by atoms with van der Waals surface area (Å²) in [5.74, 6) is -0.772. The molecule has 6 nitrogen and oxygen atoms in total. The number of carboxylic acids is 1. The van der Waals surface area contributed by atoms with E-state index in [0.29, 0.717) is 23.7 Å². The van der Waals surface area contributed by atoms with Gasteiger partial charge in [-0.05, 0) is 29.3 Å². The van der Waals surface area contributed by atoms with Crippen LogP contribution in [0, 0.1) is 0 Å². The fourth-order valence-electron chi connectivity index (χ4n) is 2.31. The molecule has 136 valence electrons. The average molecular weight is 356 g/mol. The number of carboxylic acid groups (broad SMARTS) is 1. The second-order valence-corrected chi connectivity index (χ2v) is 5.42. The minimum absolute atomic E-state index is 0.0409. The van der Waals surface area contributed by atoms with Crippen molar-refractivity contribution in [2.24, 2.45) is 0 Å². The lowest BCUT2D eigenvalue weighted by molar-refractivity contribution is -0.141. The van der Waals surface area contributed by atoms with Crippen molar-refractivity contribution in [3.8, 4) is 11.5 Å². The van der Waals surface area contributed by atoms with E-state index in [1.54, 1.807) is 18.2 Å². The Bertz CT molecular complexity index is 795. The molecule has 1 N–H and O–H groups in total. The van der Waals surface area contributed by atoms with Crippen LogP contribution in [-0.2, 0) is 20.9 Å². The number of benzene rings is 2. The average Bonchev–Trinajstić information content (AvgIpc) is 2.65. The van der Waals surface area contributed by atoms with E-state index in [2.05, 4.69) is 4.74 Å². The highest BCUT2D eigenvalue weighted by molar-refractivity contribution is 5.97. The first-order valence-corrected chi connectivity index (χ1v) is 7.89. The van der Waals surface area contributed by atoms with E-state index >= 15 is 0 Å². The molecular weight excluding hydrogens is 336 g/mol. The molecule has 0 saturated heterocycles. The summed E-state index contributed by atoms with van der Waals surface area (Å²) in [6.07, 6.45) is 1.04. The van der Waals surface area contributed by atoms with E-state index in [-0.39, 0.29) is 5.57 Å². The molecular formula is C20H20O6. The van der Waals surface area contributed by atoms with Crippen LogP contribution < -0.4 is 9.47 Å². The zero-order valence-corrected chi connectivity index (χ0v) is 14.6. The smallest absolute Gasteiger partial charge is 0.334 e. The summed E-state index contributed by atoms with van der Waals surface area (Å²) in [6, 6.07) is 14.7. The summed E-state index contributed by atoms with van der Waals surface area (Å²) >= 11 is 0. The van der Waals surface area contributed by atoms with Gasteiger partial charge >= 0.3 is 11.9 Å². The fraction of sp³-hybridized carbons (Fsp3) is 0.200. The Morgan fingerprint density at radius 1 is 1.04 bits per heavy atom. The third-order valence-corrected chi connectivity index (χ3v) is 3.56. The van der Waals surface area contributed by atoms with Crippen molar-refractivity contribution < 1.29 is 28.9 Å². The molecule has 0 aliphatic heterocycles. The van der Waals surface area contributed by atoms with Crippen molar-refractivity contribution in [3.63, 3.8) is 0 Å². The second-order valence-electron chi connectivity index (χ2n) is 5.42. The summed E-state index contributed by atoms with van der Waals surface area (Å²) in [4.78, 5) is 22.7. The molecule has 0 spiro atoms. The molecule has 0 radical (unpaired) electrons. The first-order valence-electron chi connectivity index (χ1n) is 7.89. The van der Waals surface area contributed by atoms with Crippen molar-refractivity contribution in [1.29, 1.82) is 0 Å². The lowest BCUT2D eigenvalue weighted by Crippen LogP contribution is -2.09. The molecule has 0 aromatic heterocycles. The Kier molecular flexibility index (Phi) is 6.79. The number of methoxy groups -OCH3 is 2. The quantitative estimate of drug-likeness (QED) is 0.577. The highest BCUT2D eigenvalue weighted by Crippen LogP contribution is 2.30. The van der Waals surface area contributed by atoms with Gasteiger partial charge in [-0.25, -0.2) is 4.79 Å². The third kappa shape index (κ3) is 5.37. The zero-order valence-electron chi connectivity index (χ0n) is 14.6. The number of carbonyl (C=O) groups excluding carboxylic acids is 1. The van der Waals surface area contributed by atoms with Crippen LogP contribution in [0.15, 0.2) is 54.1 Å². The van der Waals surface area contributed by atoms with E-state index in [4.69, 9.17) is 14.6 Å². The minimum atomic E-state index is -1.12. The van der Waals surface area contributed by atoms with E-state index in [0.717, 1.165) is 5.56 Å².